The molecule has 0 aromatic heterocycles. The van der Waals surface area contributed by atoms with Crippen LogP contribution in [0.4, 0.5) is 0 Å². The molecule has 8 heteroatoms. The van der Waals surface area contributed by atoms with Gasteiger partial charge in [-0.05, 0) is 49.8 Å². The molecule has 4 N–H and O–H groups in total. The molecule has 25 heavy (non-hydrogen) atoms. The van der Waals surface area contributed by atoms with Gasteiger partial charge in [-0.2, -0.15) is 0 Å². The second kappa shape index (κ2) is 9.88. The SMILES string of the molecule is COC(=O)c1cccc(OC(=O)C2CCC(CN=C(N)N)CC2)c1.Cl. The van der Waals surface area contributed by atoms with Gasteiger partial charge < -0.3 is 20.9 Å². The van der Waals surface area contributed by atoms with Crippen molar-refractivity contribution < 1.29 is 19.1 Å². The standard InChI is InChI=1S/C17H23N3O4.ClH/c1-23-15(21)13-3-2-4-14(9-13)24-16(22)12-7-5-11(6-8-12)10-20-17(18)19;/h2-4,9,11-12H,5-8,10H2,1H3,(H4,18,19,20);1H. The Balaban J connectivity index is 0.00000312. The van der Waals surface area contributed by atoms with Crippen molar-refractivity contribution in [2.45, 2.75) is 25.7 Å². The average Bonchev–Trinajstić information content (AvgIpc) is 2.59. The van der Waals surface area contributed by atoms with Gasteiger partial charge in [0.1, 0.15) is 5.75 Å². The highest BCUT2D eigenvalue weighted by Gasteiger charge is 2.27. The Morgan fingerprint density at radius 2 is 1.88 bits per heavy atom. The normalized spacial score (nSPS) is 19.2. The van der Waals surface area contributed by atoms with Crippen LogP contribution in [0.2, 0.25) is 0 Å². The minimum Gasteiger partial charge on any atom is -0.465 e. The first-order valence-electron chi connectivity index (χ1n) is 7.95. The fourth-order valence-corrected chi connectivity index (χ4v) is 2.82. The third-order valence-corrected chi connectivity index (χ3v) is 4.19. The predicted octanol–water partition coefficient (Wildman–Crippen LogP) is 1.88. The van der Waals surface area contributed by atoms with Crippen molar-refractivity contribution in [3.8, 4) is 5.75 Å². The smallest absolute Gasteiger partial charge is 0.337 e. The molecule has 1 aromatic rings. The third-order valence-electron chi connectivity index (χ3n) is 4.19. The van der Waals surface area contributed by atoms with Crippen LogP contribution in [0.3, 0.4) is 0 Å². The molecule has 1 saturated carbocycles. The van der Waals surface area contributed by atoms with Crippen LogP contribution in [0.25, 0.3) is 0 Å². The van der Waals surface area contributed by atoms with E-state index in [9.17, 15) is 9.59 Å². The lowest BCUT2D eigenvalue weighted by atomic mass is 9.82. The van der Waals surface area contributed by atoms with Crippen LogP contribution in [-0.2, 0) is 9.53 Å². The van der Waals surface area contributed by atoms with E-state index in [0.717, 1.165) is 25.7 Å². The first-order valence-corrected chi connectivity index (χ1v) is 7.95. The number of hydrogen-bond acceptors (Lipinski definition) is 5. The van der Waals surface area contributed by atoms with Crippen LogP contribution in [0.15, 0.2) is 29.3 Å². The van der Waals surface area contributed by atoms with Gasteiger partial charge in [-0.15, -0.1) is 12.4 Å². The largest absolute Gasteiger partial charge is 0.465 e. The monoisotopic (exact) mass is 369 g/mol. The highest BCUT2D eigenvalue weighted by Crippen LogP contribution is 2.30. The maximum Gasteiger partial charge on any atom is 0.337 e. The fraction of sp³-hybridized carbons (Fsp3) is 0.471. The molecule has 0 heterocycles. The number of hydrogen-bond donors (Lipinski definition) is 2. The molecule has 0 bridgehead atoms. The molecule has 0 atom stereocenters. The van der Waals surface area contributed by atoms with Gasteiger partial charge in [-0.25, -0.2) is 4.79 Å². The van der Waals surface area contributed by atoms with Crippen molar-refractivity contribution in [1.29, 1.82) is 0 Å². The van der Waals surface area contributed by atoms with Crippen LogP contribution >= 0.6 is 12.4 Å². The maximum absolute atomic E-state index is 12.3. The molecular weight excluding hydrogens is 346 g/mol. The number of esters is 2. The Kier molecular flexibility index (Phi) is 8.21. The van der Waals surface area contributed by atoms with Crippen molar-refractivity contribution in [3.05, 3.63) is 29.8 Å². The highest BCUT2D eigenvalue weighted by molar-refractivity contribution is 5.90. The summed E-state index contributed by atoms with van der Waals surface area (Å²) in [6, 6.07) is 6.42. The molecule has 1 aliphatic carbocycles. The van der Waals surface area contributed by atoms with Crippen molar-refractivity contribution in [3.63, 3.8) is 0 Å². The lowest BCUT2D eigenvalue weighted by Gasteiger charge is -2.26. The van der Waals surface area contributed by atoms with Gasteiger partial charge in [0.15, 0.2) is 5.96 Å². The zero-order chi connectivity index (χ0) is 17.5. The summed E-state index contributed by atoms with van der Waals surface area (Å²) in [6.07, 6.45) is 3.28. The summed E-state index contributed by atoms with van der Waals surface area (Å²) < 4.78 is 10.1. The summed E-state index contributed by atoms with van der Waals surface area (Å²) in [6.45, 7) is 0.602. The molecule has 0 unspecified atom stereocenters. The summed E-state index contributed by atoms with van der Waals surface area (Å²) in [5.74, 6) is -0.0148. The second-order valence-electron chi connectivity index (χ2n) is 5.92. The van der Waals surface area contributed by atoms with Crippen molar-refractivity contribution >= 4 is 30.3 Å². The lowest BCUT2D eigenvalue weighted by Crippen LogP contribution is -2.28. The minimum atomic E-state index is -0.465. The zero-order valence-corrected chi connectivity index (χ0v) is 15.0. The zero-order valence-electron chi connectivity index (χ0n) is 14.1. The van der Waals surface area contributed by atoms with Crippen molar-refractivity contribution in [2.24, 2.45) is 28.3 Å². The summed E-state index contributed by atoms with van der Waals surface area (Å²) in [4.78, 5) is 27.8. The Morgan fingerprint density at radius 1 is 1.20 bits per heavy atom. The Hall–Kier alpha value is -2.28. The van der Waals surface area contributed by atoms with Gasteiger partial charge in [0.2, 0.25) is 0 Å². The number of halogens is 1. The number of nitrogens with zero attached hydrogens (tertiary/aromatic N) is 1. The van der Waals surface area contributed by atoms with Gasteiger partial charge in [0.25, 0.3) is 0 Å². The molecule has 0 radical (unpaired) electrons. The van der Waals surface area contributed by atoms with Crippen LogP contribution in [0.1, 0.15) is 36.0 Å². The van der Waals surface area contributed by atoms with Crippen molar-refractivity contribution in [2.75, 3.05) is 13.7 Å². The third kappa shape index (κ3) is 6.26. The van der Waals surface area contributed by atoms with Crippen LogP contribution in [-0.4, -0.2) is 31.6 Å². The number of benzene rings is 1. The van der Waals surface area contributed by atoms with Gasteiger partial charge in [-0.1, -0.05) is 6.07 Å². The molecule has 138 valence electrons. The molecule has 2 rings (SSSR count). The van der Waals surface area contributed by atoms with E-state index in [2.05, 4.69) is 9.73 Å². The van der Waals surface area contributed by atoms with Gasteiger partial charge in [0, 0.05) is 6.54 Å². The van der Waals surface area contributed by atoms with E-state index in [1.165, 1.54) is 13.2 Å². The molecule has 1 aliphatic rings. The van der Waals surface area contributed by atoms with E-state index < -0.39 is 5.97 Å². The van der Waals surface area contributed by atoms with Crippen LogP contribution in [0, 0.1) is 11.8 Å². The first kappa shape index (κ1) is 20.8. The molecule has 0 spiro atoms. The van der Waals surface area contributed by atoms with E-state index in [-0.39, 0.29) is 30.3 Å². The van der Waals surface area contributed by atoms with E-state index in [1.54, 1.807) is 18.2 Å². The Bertz CT molecular complexity index is 624. The molecule has 1 fully saturated rings. The first-order chi connectivity index (χ1) is 11.5. The summed E-state index contributed by atoms with van der Waals surface area (Å²) >= 11 is 0. The Labute approximate surface area is 153 Å². The van der Waals surface area contributed by atoms with Crippen LogP contribution < -0.4 is 16.2 Å². The molecule has 0 amide bonds. The number of aliphatic imine (C=N–C) groups is 1. The van der Waals surface area contributed by atoms with Gasteiger partial charge in [0.05, 0.1) is 18.6 Å². The topological polar surface area (TPSA) is 117 Å². The quantitative estimate of drug-likeness (QED) is 0.354. The van der Waals surface area contributed by atoms with Crippen molar-refractivity contribution in [1.82, 2.24) is 0 Å². The number of carbonyl (C=O) groups excluding carboxylic acids is 2. The van der Waals surface area contributed by atoms with Gasteiger partial charge in [-0.3, -0.25) is 9.79 Å². The van der Waals surface area contributed by atoms with E-state index in [1.807, 2.05) is 0 Å². The number of carbonyl (C=O) groups is 2. The second-order valence-corrected chi connectivity index (χ2v) is 5.92. The van der Waals surface area contributed by atoms with Gasteiger partial charge >= 0.3 is 11.9 Å². The fourth-order valence-electron chi connectivity index (χ4n) is 2.82. The molecule has 0 saturated heterocycles. The number of methoxy groups -OCH3 is 1. The summed E-state index contributed by atoms with van der Waals surface area (Å²) in [7, 11) is 1.31. The average molecular weight is 370 g/mol. The van der Waals surface area contributed by atoms with E-state index >= 15 is 0 Å². The molecule has 0 aliphatic heterocycles. The number of nitrogens with two attached hydrogens (primary N) is 2. The predicted molar refractivity (Wildman–Crippen MR) is 96.8 cm³/mol. The van der Waals surface area contributed by atoms with E-state index in [0.29, 0.717) is 23.8 Å². The summed E-state index contributed by atoms with van der Waals surface area (Å²) in [5, 5.41) is 0. The number of guanidine groups is 1. The Morgan fingerprint density at radius 3 is 2.48 bits per heavy atom. The maximum atomic E-state index is 12.3. The lowest BCUT2D eigenvalue weighted by molar-refractivity contribution is -0.140. The molecule has 1 aromatic carbocycles. The molecule has 7 nitrogen and oxygen atoms in total. The number of rotatable bonds is 5. The molecular formula is C17H24ClN3O4. The minimum absolute atomic E-state index is 0. The van der Waals surface area contributed by atoms with Crippen LogP contribution in [0.5, 0.6) is 5.75 Å². The summed E-state index contributed by atoms with van der Waals surface area (Å²) in [5.41, 5.74) is 11.0. The highest BCUT2D eigenvalue weighted by atomic mass is 35.5. The van der Waals surface area contributed by atoms with E-state index in [4.69, 9.17) is 16.2 Å². The number of ether oxygens (including phenoxy) is 2.